The van der Waals surface area contributed by atoms with Gasteiger partial charge in [0, 0.05) is 19.4 Å². The molecule has 3 nitrogen and oxygen atoms in total. The molecule has 172 valence electrons. The first-order valence-corrected chi connectivity index (χ1v) is 12.5. The zero-order valence-corrected chi connectivity index (χ0v) is 19.7. The van der Waals surface area contributed by atoms with E-state index in [-0.39, 0.29) is 5.41 Å². The largest absolute Gasteiger partial charge is 0.380 e. The Labute approximate surface area is 198 Å². The monoisotopic (exact) mass is 442 g/mol. The molecule has 2 heterocycles. The van der Waals surface area contributed by atoms with Gasteiger partial charge in [-0.1, -0.05) is 91.0 Å². The molecule has 6 rings (SSSR count). The third kappa shape index (κ3) is 3.45. The molecule has 1 spiro atoms. The Balaban J connectivity index is 0.000000193. The maximum atomic E-state index is 12.2. The van der Waals surface area contributed by atoms with Crippen LogP contribution in [0.3, 0.4) is 0 Å². The molecule has 3 atom stereocenters. The molecule has 0 bridgehead atoms. The summed E-state index contributed by atoms with van der Waals surface area (Å²) in [4.78, 5) is 1.74. The number of nitrogens with one attached hydrogen (secondary N) is 1. The quantitative estimate of drug-likeness (QED) is 0.595. The highest BCUT2D eigenvalue weighted by atomic mass is 16.5. The molecule has 3 aromatic rings. The summed E-state index contributed by atoms with van der Waals surface area (Å²) >= 11 is 0. The van der Waals surface area contributed by atoms with Crippen molar-refractivity contribution >= 4 is 0 Å². The number of quaternary nitrogens is 1. The molecule has 3 unspecified atom stereocenters. The average molecular weight is 443 g/mol. The normalized spacial score (nSPS) is 27.3. The lowest BCUT2D eigenvalue weighted by atomic mass is 9.43. The van der Waals surface area contributed by atoms with Crippen LogP contribution in [0.2, 0.25) is 0 Å². The Morgan fingerprint density at radius 2 is 1.30 bits per heavy atom. The molecule has 1 saturated carbocycles. The van der Waals surface area contributed by atoms with Gasteiger partial charge < -0.3 is 14.7 Å². The molecule has 3 heteroatoms. The van der Waals surface area contributed by atoms with Crippen molar-refractivity contribution in [3.63, 3.8) is 0 Å². The van der Waals surface area contributed by atoms with E-state index in [1.54, 1.807) is 4.90 Å². The molecule has 1 aliphatic carbocycles. The van der Waals surface area contributed by atoms with Gasteiger partial charge in [-0.15, -0.1) is 0 Å². The summed E-state index contributed by atoms with van der Waals surface area (Å²) in [5.41, 5.74) is 2.85. The number of hydrogen-bond donors (Lipinski definition) is 2. The van der Waals surface area contributed by atoms with Crippen LogP contribution >= 0.6 is 0 Å². The minimum Gasteiger partial charge on any atom is -0.380 e. The minimum absolute atomic E-state index is 0.0102. The van der Waals surface area contributed by atoms with Crippen LogP contribution in [0.1, 0.15) is 49.3 Å². The second kappa shape index (κ2) is 9.06. The smallest absolute Gasteiger partial charge is 0.126 e. The van der Waals surface area contributed by atoms with Gasteiger partial charge in [0.15, 0.2) is 0 Å². The van der Waals surface area contributed by atoms with Crippen molar-refractivity contribution in [3.05, 3.63) is 108 Å². The maximum absolute atomic E-state index is 12.2. The third-order valence-corrected chi connectivity index (χ3v) is 8.67. The first-order valence-electron chi connectivity index (χ1n) is 12.5. The van der Waals surface area contributed by atoms with Crippen LogP contribution in [0.25, 0.3) is 0 Å². The van der Waals surface area contributed by atoms with Gasteiger partial charge in [-0.25, -0.2) is 0 Å². The molecule has 2 aliphatic heterocycles. The molecular weight excluding hydrogens is 406 g/mol. The average Bonchev–Trinajstić information content (AvgIpc) is 3.00. The summed E-state index contributed by atoms with van der Waals surface area (Å²) in [6.07, 6.45) is 4.86. The van der Waals surface area contributed by atoms with Crippen molar-refractivity contribution in [2.24, 2.45) is 5.41 Å². The summed E-state index contributed by atoms with van der Waals surface area (Å²) < 4.78 is 5.22. The van der Waals surface area contributed by atoms with E-state index < -0.39 is 5.60 Å². The minimum atomic E-state index is -0.865. The van der Waals surface area contributed by atoms with Crippen LogP contribution in [-0.2, 0) is 16.9 Å². The van der Waals surface area contributed by atoms with Crippen molar-refractivity contribution in [1.82, 2.24) is 0 Å². The number of benzene rings is 3. The topological polar surface area (TPSA) is 33.9 Å². The van der Waals surface area contributed by atoms with Gasteiger partial charge in [-0.3, -0.25) is 0 Å². The molecule has 3 aliphatic rings. The van der Waals surface area contributed by atoms with E-state index in [2.05, 4.69) is 60.7 Å². The van der Waals surface area contributed by atoms with E-state index in [9.17, 15) is 5.11 Å². The Bertz CT molecular complexity index is 995. The molecule has 0 aromatic heterocycles. The fourth-order valence-corrected chi connectivity index (χ4v) is 6.88. The van der Waals surface area contributed by atoms with E-state index in [0.29, 0.717) is 5.54 Å². The van der Waals surface area contributed by atoms with Crippen molar-refractivity contribution in [3.8, 4) is 0 Å². The molecule has 0 amide bonds. The first-order chi connectivity index (χ1) is 16.2. The molecular formula is C30H36NO2+. The Morgan fingerprint density at radius 3 is 1.76 bits per heavy atom. The molecule has 3 aromatic carbocycles. The van der Waals surface area contributed by atoms with Crippen LogP contribution in [0.4, 0.5) is 0 Å². The zero-order valence-electron chi connectivity index (χ0n) is 19.7. The van der Waals surface area contributed by atoms with Crippen molar-refractivity contribution < 1.29 is 14.7 Å². The first kappa shape index (κ1) is 22.3. The van der Waals surface area contributed by atoms with Crippen LogP contribution in [0.15, 0.2) is 91.0 Å². The van der Waals surface area contributed by atoms with E-state index >= 15 is 0 Å². The van der Waals surface area contributed by atoms with E-state index in [1.165, 1.54) is 31.5 Å². The number of ether oxygens (including phenoxy) is 1. The van der Waals surface area contributed by atoms with Crippen molar-refractivity contribution in [1.29, 1.82) is 0 Å². The van der Waals surface area contributed by atoms with Crippen LogP contribution in [0.5, 0.6) is 0 Å². The fraction of sp³-hybridized carbons (Fsp3) is 0.400. The van der Waals surface area contributed by atoms with Crippen LogP contribution < -0.4 is 4.90 Å². The van der Waals surface area contributed by atoms with Gasteiger partial charge in [0.25, 0.3) is 0 Å². The summed E-state index contributed by atoms with van der Waals surface area (Å²) in [6, 6.07) is 31.0. The third-order valence-electron chi connectivity index (χ3n) is 8.67. The van der Waals surface area contributed by atoms with Gasteiger partial charge in [-0.2, -0.15) is 0 Å². The Hall–Kier alpha value is -2.46. The predicted molar refractivity (Wildman–Crippen MR) is 132 cm³/mol. The van der Waals surface area contributed by atoms with Gasteiger partial charge in [-0.05, 0) is 30.0 Å². The molecule has 0 radical (unpaired) electrons. The van der Waals surface area contributed by atoms with E-state index in [1.807, 2.05) is 37.3 Å². The lowest BCUT2D eigenvalue weighted by molar-refractivity contribution is -0.997. The van der Waals surface area contributed by atoms with Gasteiger partial charge in [0.05, 0.1) is 31.5 Å². The highest BCUT2D eigenvalue weighted by Crippen LogP contribution is 2.67. The lowest BCUT2D eigenvalue weighted by Gasteiger charge is -2.65. The summed E-state index contributed by atoms with van der Waals surface area (Å²) in [5, 5.41) is 12.2. The van der Waals surface area contributed by atoms with Crippen molar-refractivity contribution in [2.75, 3.05) is 19.7 Å². The highest BCUT2D eigenvalue weighted by molar-refractivity contribution is 5.43. The predicted octanol–water partition coefficient (Wildman–Crippen LogP) is 4.36. The molecule has 3 fully saturated rings. The van der Waals surface area contributed by atoms with Crippen LogP contribution in [0, 0.1) is 5.41 Å². The van der Waals surface area contributed by atoms with Crippen LogP contribution in [-0.4, -0.2) is 30.3 Å². The standard InChI is InChI=1S/C21H23NO.C9H12O/c23-21(17-7-3-1-4-8-17,18-9-5-2-6-10-18)19-11-12-20(19)14-16-22(20)15-13-19;1-2-10-8-9-6-4-3-5-7-9/h1-10,23H,11-16H2;3-7H,2,8H2,1H3/p+1. The molecule has 33 heavy (non-hydrogen) atoms. The van der Waals surface area contributed by atoms with E-state index in [0.717, 1.165) is 37.2 Å². The van der Waals surface area contributed by atoms with Crippen molar-refractivity contribution in [2.45, 2.75) is 50.4 Å². The zero-order chi connectivity index (χ0) is 22.8. The van der Waals surface area contributed by atoms with E-state index in [4.69, 9.17) is 4.74 Å². The molecule has 2 saturated heterocycles. The maximum Gasteiger partial charge on any atom is 0.126 e. The highest BCUT2D eigenvalue weighted by Gasteiger charge is 2.80. The summed E-state index contributed by atoms with van der Waals surface area (Å²) in [6.45, 7) is 6.04. The Morgan fingerprint density at radius 1 is 0.758 bits per heavy atom. The SMILES string of the molecule is CCOCc1ccccc1.OC(c1ccccc1)(c1ccccc1)C12CC[NH+]3CCC31CC2. The van der Waals surface area contributed by atoms with Gasteiger partial charge in [0.2, 0.25) is 0 Å². The fourth-order valence-electron chi connectivity index (χ4n) is 6.88. The second-order valence-electron chi connectivity index (χ2n) is 9.83. The second-order valence-corrected chi connectivity index (χ2v) is 9.83. The summed E-state index contributed by atoms with van der Waals surface area (Å²) in [5.74, 6) is 0. The number of aliphatic hydroxyl groups is 1. The summed E-state index contributed by atoms with van der Waals surface area (Å²) in [7, 11) is 0. The van der Waals surface area contributed by atoms with Gasteiger partial charge in [0.1, 0.15) is 11.1 Å². The Kier molecular flexibility index (Phi) is 6.13. The number of hydrogen-bond acceptors (Lipinski definition) is 2. The molecule has 2 N–H and O–H groups in total. The lowest BCUT2D eigenvalue weighted by Crippen LogP contribution is -3.27. The number of rotatable bonds is 6. The van der Waals surface area contributed by atoms with Gasteiger partial charge >= 0.3 is 0 Å².